The van der Waals surface area contributed by atoms with Crippen molar-refractivity contribution in [2.75, 3.05) is 0 Å². The van der Waals surface area contributed by atoms with Crippen molar-refractivity contribution in [3.05, 3.63) is 76.7 Å². The molecule has 28 heavy (non-hydrogen) atoms. The van der Waals surface area contributed by atoms with Gasteiger partial charge in [-0.3, -0.25) is 20.4 Å². The van der Waals surface area contributed by atoms with Crippen LogP contribution in [0.3, 0.4) is 0 Å². The first-order chi connectivity index (χ1) is 13.4. The number of pyridine rings is 1. The first-order valence-electron chi connectivity index (χ1n) is 9.05. The van der Waals surface area contributed by atoms with Crippen LogP contribution in [-0.4, -0.2) is 26.6 Å². The molecule has 0 radical (unpaired) electrons. The molecule has 2 aromatic heterocycles. The highest BCUT2D eigenvalue weighted by Gasteiger charge is 2.22. The number of aryl methyl sites for hydroxylation is 2. The predicted octanol–water partition coefficient (Wildman–Crippen LogP) is 3.08. The molecule has 7 nitrogen and oxygen atoms in total. The van der Waals surface area contributed by atoms with Gasteiger partial charge in [0, 0.05) is 11.8 Å². The lowest BCUT2D eigenvalue weighted by Gasteiger charge is -2.13. The lowest BCUT2D eigenvalue weighted by atomic mass is 10.1. The highest BCUT2D eigenvalue weighted by Crippen LogP contribution is 2.22. The van der Waals surface area contributed by atoms with E-state index in [0.29, 0.717) is 16.9 Å². The molecule has 0 aliphatic rings. The number of rotatable bonds is 4. The van der Waals surface area contributed by atoms with Crippen molar-refractivity contribution in [2.24, 2.45) is 0 Å². The minimum Gasteiger partial charge on any atom is -0.267 e. The number of nitrogens with one attached hydrogen (secondary N) is 2. The van der Waals surface area contributed by atoms with E-state index in [1.165, 1.54) is 6.20 Å². The van der Waals surface area contributed by atoms with Gasteiger partial charge in [0.1, 0.15) is 0 Å². The van der Waals surface area contributed by atoms with Gasteiger partial charge in [-0.25, -0.2) is 9.67 Å². The zero-order valence-corrected chi connectivity index (χ0v) is 16.4. The smallest absolute Gasteiger partial charge is 0.267 e. The fraction of sp³-hybridized carbons (Fsp3) is 0.238. The maximum atomic E-state index is 12.7. The van der Waals surface area contributed by atoms with Crippen LogP contribution in [0.2, 0.25) is 0 Å². The van der Waals surface area contributed by atoms with Gasteiger partial charge in [0.2, 0.25) is 0 Å². The van der Waals surface area contributed by atoms with E-state index >= 15 is 0 Å². The molecule has 0 unspecified atom stereocenters. The topological polar surface area (TPSA) is 88.9 Å². The number of nitrogens with zero attached hydrogens (tertiary/aromatic N) is 3. The quantitative estimate of drug-likeness (QED) is 0.684. The van der Waals surface area contributed by atoms with Crippen LogP contribution >= 0.6 is 0 Å². The third-order valence-corrected chi connectivity index (χ3v) is 4.38. The van der Waals surface area contributed by atoms with Gasteiger partial charge in [0.05, 0.1) is 17.5 Å². The third-order valence-electron chi connectivity index (χ3n) is 4.38. The van der Waals surface area contributed by atoms with Crippen LogP contribution in [0, 0.1) is 13.8 Å². The molecular weight excluding hydrogens is 354 g/mol. The van der Waals surface area contributed by atoms with E-state index < -0.39 is 5.91 Å². The summed E-state index contributed by atoms with van der Waals surface area (Å²) in [5.41, 5.74) is 8.51. The van der Waals surface area contributed by atoms with Gasteiger partial charge in [0.25, 0.3) is 11.8 Å². The Morgan fingerprint density at radius 3 is 2.32 bits per heavy atom. The summed E-state index contributed by atoms with van der Waals surface area (Å²) in [7, 11) is 0. The minimum absolute atomic E-state index is 0.0281. The lowest BCUT2D eigenvalue weighted by Crippen LogP contribution is -2.42. The second kappa shape index (κ2) is 8.04. The second-order valence-electron chi connectivity index (χ2n) is 6.92. The summed E-state index contributed by atoms with van der Waals surface area (Å²) in [6, 6.07) is 11.0. The van der Waals surface area contributed by atoms with Gasteiger partial charge in [-0.1, -0.05) is 37.6 Å². The molecule has 2 heterocycles. The number of aromatic nitrogens is 3. The molecule has 0 bridgehead atoms. The molecule has 0 atom stereocenters. The molecule has 2 N–H and O–H groups in total. The van der Waals surface area contributed by atoms with Crippen LogP contribution in [0.15, 0.2) is 48.8 Å². The van der Waals surface area contributed by atoms with Crippen LogP contribution in [-0.2, 0) is 0 Å². The van der Waals surface area contributed by atoms with Gasteiger partial charge in [-0.05, 0) is 43.5 Å². The number of hydrogen-bond acceptors (Lipinski definition) is 4. The van der Waals surface area contributed by atoms with E-state index in [-0.39, 0.29) is 11.8 Å². The maximum absolute atomic E-state index is 12.7. The normalized spacial score (nSPS) is 10.8. The number of carbonyl (C=O) groups excluding carboxylic acids is 2. The third kappa shape index (κ3) is 3.93. The second-order valence-corrected chi connectivity index (χ2v) is 6.92. The lowest BCUT2D eigenvalue weighted by molar-refractivity contribution is 0.0845. The summed E-state index contributed by atoms with van der Waals surface area (Å²) in [6.07, 6.45) is 3.16. The Hall–Kier alpha value is -3.48. The SMILES string of the molecule is Cc1ccc(C(=O)NNC(=O)c2cnn(-c3ccccn3)c2C(C)C)c(C)c1. The van der Waals surface area contributed by atoms with Crippen molar-refractivity contribution < 1.29 is 9.59 Å². The maximum Gasteiger partial charge on any atom is 0.273 e. The van der Waals surface area contributed by atoms with Crippen LogP contribution in [0.1, 0.15) is 57.3 Å². The molecule has 144 valence electrons. The Morgan fingerprint density at radius 2 is 1.71 bits per heavy atom. The highest BCUT2D eigenvalue weighted by atomic mass is 16.2. The van der Waals surface area contributed by atoms with Crippen LogP contribution in [0.25, 0.3) is 5.82 Å². The fourth-order valence-electron chi connectivity index (χ4n) is 3.07. The largest absolute Gasteiger partial charge is 0.273 e. The summed E-state index contributed by atoms with van der Waals surface area (Å²) in [4.78, 5) is 29.4. The molecule has 0 aliphatic heterocycles. The van der Waals surface area contributed by atoms with Crippen molar-refractivity contribution in [1.82, 2.24) is 25.6 Å². The van der Waals surface area contributed by atoms with Crippen molar-refractivity contribution in [3.63, 3.8) is 0 Å². The first-order valence-corrected chi connectivity index (χ1v) is 9.05. The molecule has 7 heteroatoms. The van der Waals surface area contributed by atoms with Gasteiger partial charge in [-0.2, -0.15) is 5.10 Å². The number of hydrazine groups is 1. The summed E-state index contributed by atoms with van der Waals surface area (Å²) < 4.78 is 1.64. The number of carbonyl (C=O) groups is 2. The Bertz CT molecular complexity index is 1010. The molecule has 3 aromatic rings. The molecule has 0 aliphatic carbocycles. The minimum atomic E-state index is -0.427. The van der Waals surface area contributed by atoms with E-state index in [2.05, 4.69) is 20.9 Å². The van der Waals surface area contributed by atoms with Crippen molar-refractivity contribution in [1.29, 1.82) is 0 Å². The van der Waals surface area contributed by atoms with E-state index in [4.69, 9.17) is 0 Å². The zero-order chi connectivity index (χ0) is 20.3. The standard InChI is InChI=1S/C21H23N5O2/c1-13(2)19-17(12-23-26(19)18-7-5-6-10-22-18)21(28)25-24-20(27)16-9-8-14(3)11-15(16)4/h5-13H,1-4H3,(H,24,27)(H,25,28). The highest BCUT2D eigenvalue weighted by molar-refractivity contribution is 6.00. The summed E-state index contributed by atoms with van der Waals surface area (Å²) in [5, 5.41) is 4.32. The van der Waals surface area contributed by atoms with Crippen LogP contribution in [0.4, 0.5) is 0 Å². The fourth-order valence-corrected chi connectivity index (χ4v) is 3.07. The Kier molecular flexibility index (Phi) is 5.54. The number of benzene rings is 1. The van der Waals surface area contributed by atoms with E-state index in [9.17, 15) is 9.59 Å². The van der Waals surface area contributed by atoms with Gasteiger partial charge < -0.3 is 0 Å². The van der Waals surface area contributed by atoms with Crippen LogP contribution in [0.5, 0.6) is 0 Å². The molecule has 0 saturated heterocycles. The molecule has 0 saturated carbocycles. The van der Waals surface area contributed by atoms with Gasteiger partial charge >= 0.3 is 0 Å². The summed E-state index contributed by atoms with van der Waals surface area (Å²) >= 11 is 0. The molecule has 2 amide bonds. The van der Waals surface area contributed by atoms with Gasteiger partial charge in [-0.15, -0.1) is 0 Å². The molecule has 0 spiro atoms. The molecule has 1 aromatic carbocycles. The Labute approximate surface area is 163 Å². The number of hydrogen-bond donors (Lipinski definition) is 2. The molecule has 3 rings (SSSR count). The van der Waals surface area contributed by atoms with Crippen LogP contribution < -0.4 is 10.9 Å². The van der Waals surface area contributed by atoms with E-state index in [1.807, 2.05) is 58.0 Å². The van der Waals surface area contributed by atoms with E-state index in [0.717, 1.165) is 16.8 Å². The zero-order valence-electron chi connectivity index (χ0n) is 16.4. The summed E-state index contributed by atoms with van der Waals surface area (Å²) in [5.74, 6) is -0.136. The molecule has 0 fully saturated rings. The average molecular weight is 377 g/mol. The van der Waals surface area contributed by atoms with E-state index in [1.54, 1.807) is 16.9 Å². The first kappa shape index (κ1) is 19.3. The van der Waals surface area contributed by atoms with Crippen molar-refractivity contribution in [2.45, 2.75) is 33.6 Å². The van der Waals surface area contributed by atoms with Gasteiger partial charge in [0.15, 0.2) is 5.82 Å². The van der Waals surface area contributed by atoms with Crippen molar-refractivity contribution >= 4 is 11.8 Å². The summed E-state index contributed by atoms with van der Waals surface area (Å²) in [6.45, 7) is 7.77. The monoisotopic (exact) mass is 377 g/mol. The molecular formula is C21H23N5O2. The Balaban J connectivity index is 1.79. The predicted molar refractivity (Wildman–Crippen MR) is 106 cm³/mol. The average Bonchev–Trinajstić information content (AvgIpc) is 3.12. The van der Waals surface area contributed by atoms with Crippen molar-refractivity contribution in [3.8, 4) is 5.82 Å². The number of amides is 2. The Morgan fingerprint density at radius 1 is 1.00 bits per heavy atom.